The number of hydrogen-bond acceptors (Lipinski definition) is 2. The second-order valence-electron chi connectivity index (χ2n) is 2.66. The highest BCUT2D eigenvalue weighted by Gasteiger charge is 2.19. The maximum absolute atomic E-state index is 10.9. The lowest BCUT2D eigenvalue weighted by Gasteiger charge is -1.99. The van der Waals surface area contributed by atoms with Crippen LogP contribution in [0.25, 0.3) is 0 Å². The minimum atomic E-state index is -0.578. The minimum absolute atomic E-state index is 0.578. The molecule has 0 amide bonds. The molecule has 3 heteroatoms. The topological polar surface area (TPSA) is 29.1 Å². The summed E-state index contributed by atoms with van der Waals surface area (Å²) in [6, 6.07) is 0.758. The summed E-state index contributed by atoms with van der Waals surface area (Å²) in [5.74, 6) is 1.62. The van der Waals surface area contributed by atoms with Gasteiger partial charge >= 0.3 is 0 Å². The van der Waals surface area contributed by atoms with E-state index >= 15 is 0 Å². The Hall–Kier alpha value is 0.110. The van der Waals surface area contributed by atoms with E-state index in [1.807, 2.05) is 6.92 Å². The predicted octanol–water partition coefficient (Wildman–Crippen LogP) is 0.507. The molecule has 1 atom stereocenters. The summed E-state index contributed by atoms with van der Waals surface area (Å²) in [5.41, 5.74) is 0. The van der Waals surface area contributed by atoms with Gasteiger partial charge in [0.1, 0.15) is 0 Å². The molecule has 1 unspecified atom stereocenters. The molecule has 2 nitrogen and oxygen atoms in total. The number of hydrogen-bond donors (Lipinski definition) is 1. The van der Waals surface area contributed by atoms with Crippen LogP contribution in [-0.2, 0) is 10.8 Å². The summed E-state index contributed by atoms with van der Waals surface area (Å²) < 4.78 is 10.9. The van der Waals surface area contributed by atoms with Crippen LogP contribution in [0.3, 0.4) is 0 Å². The third-order valence-corrected chi connectivity index (χ3v) is 2.97. The van der Waals surface area contributed by atoms with Crippen molar-refractivity contribution in [3.63, 3.8) is 0 Å². The Morgan fingerprint density at radius 3 is 2.80 bits per heavy atom. The molecule has 0 aliphatic heterocycles. The second-order valence-corrected chi connectivity index (χ2v) is 4.53. The number of nitrogens with one attached hydrogen (secondary N) is 1. The Morgan fingerprint density at radius 1 is 1.60 bits per heavy atom. The van der Waals surface area contributed by atoms with Crippen molar-refractivity contribution in [2.24, 2.45) is 0 Å². The van der Waals surface area contributed by atoms with E-state index in [0.717, 1.165) is 24.1 Å². The van der Waals surface area contributed by atoms with E-state index in [2.05, 4.69) is 5.32 Å². The first kappa shape index (κ1) is 8.21. The highest BCUT2D eigenvalue weighted by Crippen LogP contribution is 2.17. The van der Waals surface area contributed by atoms with Crippen LogP contribution in [0.2, 0.25) is 0 Å². The molecule has 1 rings (SSSR count). The Labute approximate surface area is 64.8 Å². The molecule has 0 radical (unpaired) electrons. The summed E-state index contributed by atoms with van der Waals surface area (Å²) >= 11 is 0. The molecule has 0 heterocycles. The molecule has 1 N–H and O–H groups in total. The van der Waals surface area contributed by atoms with Gasteiger partial charge in [0.2, 0.25) is 0 Å². The zero-order valence-corrected chi connectivity index (χ0v) is 7.25. The van der Waals surface area contributed by atoms with Crippen LogP contribution in [-0.4, -0.2) is 28.3 Å². The summed E-state index contributed by atoms with van der Waals surface area (Å²) in [6.07, 6.45) is 2.64. The van der Waals surface area contributed by atoms with Gasteiger partial charge in [-0.3, -0.25) is 4.21 Å². The normalized spacial score (nSPS) is 20.9. The first-order valence-corrected chi connectivity index (χ1v) is 5.40. The molecule has 0 bridgehead atoms. The quantitative estimate of drug-likeness (QED) is 0.636. The van der Waals surface area contributed by atoms with Gasteiger partial charge in [-0.1, -0.05) is 6.92 Å². The van der Waals surface area contributed by atoms with Crippen molar-refractivity contribution in [1.29, 1.82) is 0 Å². The van der Waals surface area contributed by atoms with Gasteiger partial charge in [-0.15, -0.1) is 0 Å². The third kappa shape index (κ3) is 3.32. The van der Waals surface area contributed by atoms with E-state index in [9.17, 15) is 4.21 Å². The average Bonchev–Trinajstić information content (AvgIpc) is 2.71. The Balaban J connectivity index is 1.88. The van der Waals surface area contributed by atoms with Crippen molar-refractivity contribution in [2.45, 2.75) is 25.8 Å². The van der Waals surface area contributed by atoms with E-state index in [1.165, 1.54) is 12.8 Å². The first-order valence-electron chi connectivity index (χ1n) is 3.91. The van der Waals surface area contributed by atoms with Gasteiger partial charge in [0.25, 0.3) is 0 Å². The summed E-state index contributed by atoms with van der Waals surface area (Å²) in [7, 11) is -0.578. The fraction of sp³-hybridized carbons (Fsp3) is 1.00. The van der Waals surface area contributed by atoms with E-state index in [4.69, 9.17) is 0 Å². The van der Waals surface area contributed by atoms with Crippen molar-refractivity contribution in [3.05, 3.63) is 0 Å². The predicted molar refractivity (Wildman–Crippen MR) is 44.6 cm³/mol. The van der Waals surface area contributed by atoms with Gasteiger partial charge in [-0.05, 0) is 12.8 Å². The maximum atomic E-state index is 10.9. The Morgan fingerprint density at radius 2 is 2.30 bits per heavy atom. The largest absolute Gasteiger partial charge is 0.313 e. The average molecular weight is 161 g/mol. The van der Waals surface area contributed by atoms with Crippen LogP contribution in [0.15, 0.2) is 0 Å². The van der Waals surface area contributed by atoms with Crippen molar-refractivity contribution in [2.75, 3.05) is 18.1 Å². The van der Waals surface area contributed by atoms with Crippen molar-refractivity contribution in [3.8, 4) is 0 Å². The van der Waals surface area contributed by atoms with E-state index in [-0.39, 0.29) is 0 Å². The molecular weight excluding hydrogens is 146 g/mol. The van der Waals surface area contributed by atoms with Gasteiger partial charge in [0.05, 0.1) is 0 Å². The minimum Gasteiger partial charge on any atom is -0.313 e. The molecule has 0 aromatic heterocycles. The van der Waals surface area contributed by atoms with Crippen molar-refractivity contribution < 1.29 is 4.21 Å². The number of rotatable bonds is 5. The highest BCUT2D eigenvalue weighted by atomic mass is 32.2. The Kier molecular flexibility index (Phi) is 3.35. The molecule has 0 aromatic rings. The van der Waals surface area contributed by atoms with Crippen molar-refractivity contribution >= 4 is 10.8 Å². The maximum Gasteiger partial charge on any atom is 0.0360 e. The third-order valence-electron chi connectivity index (χ3n) is 1.66. The molecule has 60 valence electrons. The monoisotopic (exact) mass is 161 g/mol. The van der Waals surface area contributed by atoms with E-state index in [1.54, 1.807) is 0 Å². The molecule has 0 saturated heterocycles. The van der Waals surface area contributed by atoms with Gasteiger partial charge in [-0.25, -0.2) is 0 Å². The molecule has 0 spiro atoms. The zero-order chi connectivity index (χ0) is 7.40. The van der Waals surface area contributed by atoms with Crippen LogP contribution < -0.4 is 5.32 Å². The smallest absolute Gasteiger partial charge is 0.0360 e. The molecule has 1 aliphatic rings. The van der Waals surface area contributed by atoms with E-state index < -0.39 is 10.8 Å². The molecule has 0 aromatic carbocycles. The lowest BCUT2D eigenvalue weighted by atomic mass is 10.6. The van der Waals surface area contributed by atoms with Crippen molar-refractivity contribution in [1.82, 2.24) is 5.32 Å². The summed E-state index contributed by atoms with van der Waals surface area (Å²) in [5, 5.41) is 3.33. The van der Waals surface area contributed by atoms with Gasteiger partial charge in [0.15, 0.2) is 0 Å². The highest BCUT2D eigenvalue weighted by molar-refractivity contribution is 7.84. The SMILES string of the molecule is CCS(=O)CCNC1CC1. The molecule has 1 fully saturated rings. The summed E-state index contributed by atoms with van der Waals surface area (Å²) in [4.78, 5) is 0. The second kappa shape index (κ2) is 4.09. The van der Waals surface area contributed by atoms with Crippen LogP contribution in [0.4, 0.5) is 0 Å². The van der Waals surface area contributed by atoms with Gasteiger partial charge in [0, 0.05) is 34.9 Å². The van der Waals surface area contributed by atoms with Gasteiger partial charge < -0.3 is 5.32 Å². The van der Waals surface area contributed by atoms with Crippen LogP contribution >= 0.6 is 0 Å². The molecule has 10 heavy (non-hydrogen) atoms. The summed E-state index contributed by atoms with van der Waals surface area (Å²) in [6.45, 7) is 2.90. The Bertz CT molecular complexity index is 123. The lowest BCUT2D eigenvalue weighted by Crippen LogP contribution is -2.22. The standard InChI is InChI=1S/C7H15NOS/c1-2-10(9)6-5-8-7-3-4-7/h7-8H,2-6H2,1H3. The van der Waals surface area contributed by atoms with Gasteiger partial charge in [-0.2, -0.15) is 0 Å². The first-order chi connectivity index (χ1) is 4.83. The fourth-order valence-electron chi connectivity index (χ4n) is 0.809. The molecule has 1 saturated carbocycles. The van der Waals surface area contributed by atoms with Crippen LogP contribution in [0.1, 0.15) is 19.8 Å². The molecular formula is C7H15NOS. The molecule has 1 aliphatic carbocycles. The van der Waals surface area contributed by atoms with Crippen LogP contribution in [0.5, 0.6) is 0 Å². The van der Waals surface area contributed by atoms with E-state index in [0.29, 0.717) is 0 Å². The lowest BCUT2D eigenvalue weighted by molar-refractivity contribution is 0.673. The van der Waals surface area contributed by atoms with Crippen LogP contribution in [0, 0.1) is 0 Å². The zero-order valence-electron chi connectivity index (χ0n) is 6.43. The fourth-order valence-corrected chi connectivity index (χ4v) is 1.44.